The second-order valence-electron chi connectivity index (χ2n) is 8.00. The molecule has 2 aromatic heterocycles. The van der Waals surface area contributed by atoms with Crippen molar-refractivity contribution in [3.63, 3.8) is 0 Å². The SMILES string of the molecule is COc1ccc2c(c1)C(=O)N(C[C@H](NC(=O)NC=O)c1cc3cc(-c4cn[nH]c4)c(F)cc3o1)C2. The summed E-state index contributed by atoms with van der Waals surface area (Å²) < 4.78 is 25.8. The summed E-state index contributed by atoms with van der Waals surface area (Å²) in [7, 11) is 1.52. The zero-order valence-electron chi connectivity index (χ0n) is 18.5. The number of carbonyl (C=O) groups excluding carboxylic acids is 3. The van der Waals surface area contributed by atoms with Crippen molar-refractivity contribution in [1.82, 2.24) is 25.7 Å². The van der Waals surface area contributed by atoms with Crippen molar-refractivity contribution in [2.24, 2.45) is 0 Å². The number of aromatic nitrogens is 2. The first-order chi connectivity index (χ1) is 17.0. The van der Waals surface area contributed by atoms with Crippen molar-refractivity contribution < 1.29 is 27.9 Å². The van der Waals surface area contributed by atoms with Crippen molar-refractivity contribution >= 4 is 29.3 Å². The molecule has 3 N–H and O–H groups in total. The van der Waals surface area contributed by atoms with E-state index >= 15 is 0 Å². The number of carbonyl (C=O) groups is 3. The molecule has 11 heteroatoms. The Labute approximate surface area is 198 Å². The molecule has 2 aromatic carbocycles. The summed E-state index contributed by atoms with van der Waals surface area (Å²) in [5, 5.41) is 11.8. The number of benzene rings is 2. The van der Waals surface area contributed by atoms with Gasteiger partial charge in [-0.05, 0) is 29.8 Å². The molecule has 4 aromatic rings. The fourth-order valence-corrected chi connectivity index (χ4v) is 4.17. The molecule has 5 rings (SSSR count). The molecule has 0 radical (unpaired) electrons. The lowest BCUT2D eigenvalue weighted by Gasteiger charge is -2.23. The van der Waals surface area contributed by atoms with Crippen molar-refractivity contribution in [1.29, 1.82) is 0 Å². The zero-order chi connectivity index (χ0) is 24.5. The second kappa shape index (κ2) is 8.93. The summed E-state index contributed by atoms with van der Waals surface area (Å²) in [5.41, 5.74) is 2.51. The number of halogens is 1. The van der Waals surface area contributed by atoms with Gasteiger partial charge in [0.2, 0.25) is 6.41 Å². The number of hydrogen-bond acceptors (Lipinski definition) is 6. The number of ether oxygens (including phenoxy) is 1. The molecule has 1 aliphatic rings. The molecule has 0 aliphatic carbocycles. The molecule has 35 heavy (non-hydrogen) atoms. The highest BCUT2D eigenvalue weighted by atomic mass is 19.1. The van der Waals surface area contributed by atoms with Crippen LogP contribution in [0.4, 0.5) is 9.18 Å². The lowest BCUT2D eigenvalue weighted by atomic mass is 10.1. The maximum absolute atomic E-state index is 14.7. The third-order valence-electron chi connectivity index (χ3n) is 5.87. The summed E-state index contributed by atoms with van der Waals surface area (Å²) in [6, 6.07) is 8.22. The normalized spacial score (nSPS) is 13.5. The van der Waals surface area contributed by atoms with E-state index in [9.17, 15) is 18.8 Å². The Bertz CT molecular complexity index is 1430. The second-order valence-corrected chi connectivity index (χ2v) is 8.00. The number of rotatable bonds is 7. The van der Waals surface area contributed by atoms with Gasteiger partial charge in [0.15, 0.2) is 0 Å². The van der Waals surface area contributed by atoms with E-state index in [1.807, 2.05) is 11.4 Å². The lowest BCUT2D eigenvalue weighted by Crippen LogP contribution is -2.42. The van der Waals surface area contributed by atoms with Crippen LogP contribution in [0, 0.1) is 5.82 Å². The summed E-state index contributed by atoms with van der Waals surface area (Å²) in [6.45, 7) is 0.379. The predicted molar refractivity (Wildman–Crippen MR) is 122 cm³/mol. The molecule has 10 nitrogen and oxygen atoms in total. The Morgan fingerprint density at radius 2 is 2.17 bits per heavy atom. The van der Waals surface area contributed by atoms with E-state index in [2.05, 4.69) is 15.5 Å². The van der Waals surface area contributed by atoms with E-state index in [0.717, 1.165) is 5.56 Å². The molecular formula is C24H20FN5O5. The van der Waals surface area contributed by atoms with Gasteiger partial charge in [-0.15, -0.1) is 0 Å². The van der Waals surface area contributed by atoms with Crippen molar-refractivity contribution in [2.45, 2.75) is 12.6 Å². The third-order valence-corrected chi connectivity index (χ3v) is 5.87. The van der Waals surface area contributed by atoms with Gasteiger partial charge in [-0.3, -0.25) is 20.0 Å². The third kappa shape index (κ3) is 4.19. The van der Waals surface area contributed by atoms with Crippen molar-refractivity contribution in [3.05, 3.63) is 71.5 Å². The number of amides is 4. The molecule has 0 saturated heterocycles. The molecule has 1 atom stereocenters. The first-order valence-corrected chi connectivity index (χ1v) is 10.7. The molecule has 0 saturated carbocycles. The quantitative estimate of drug-likeness (QED) is 0.351. The fourth-order valence-electron chi connectivity index (χ4n) is 4.17. The standard InChI is InChI=1S/C24H20FN5O5/c1-34-16-3-2-13-10-30(23(32)18(13)6-16)11-20(29-24(33)26-12-31)22-5-14-4-17(15-8-27-28-9-15)19(25)7-21(14)35-22/h2-9,12,20H,10-11H2,1H3,(H,27,28)(H2,26,29,31,33)/t20-/m0/s1. The van der Waals surface area contributed by atoms with Crippen LogP contribution < -0.4 is 15.4 Å². The monoisotopic (exact) mass is 477 g/mol. The summed E-state index contributed by atoms with van der Waals surface area (Å²) in [4.78, 5) is 37.5. The summed E-state index contributed by atoms with van der Waals surface area (Å²) >= 11 is 0. The molecular weight excluding hydrogens is 457 g/mol. The van der Waals surface area contributed by atoms with Crippen LogP contribution in [-0.4, -0.2) is 47.1 Å². The van der Waals surface area contributed by atoms with E-state index in [0.29, 0.717) is 40.1 Å². The highest BCUT2D eigenvalue weighted by Crippen LogP contribution is 2.33. The number of nitrogens with one attached hydrogen (secondary N) is 3. The van der Waals surface area contributed by atoms with Gasteiger partial charge in [0.1, 0.15) is 29.0 Å². The Morgan fingerprint density at radius 3 is 2.91 bits per heavy atom. The van der Waals surface area contributed by atoms with Crippen molar-refractivity contribution in [2.75, 3.05) is 13.7 Å². The van der Waals surface area contributed by atoms with Gasteiger partial charge in [0, 0.05) is 47.4 Å². The number of urea groups is 1. The minimum atomic E-state index is -0.817. The van der Waals surface area contributed by atoms with Crippen LogP contribution in [0.2, 0.25) is 0 Å². The highest BCUT2D eigenvalue weighted by Gasteiger charge is 2.32. The number of methoxy groups -OCH3 is 1. The van der Waals surface area contributed by atoms with Gasteiger partial charge in [-0.25, -0.2) is 9.18 Å². The van der Waals surface area contributed by atoms with Crippen LogP contribution in [0.1, 0.15) is 27.7 Å². The Balaban J connectivity index is 1.47. The molecule has 1 aliphatic heterocycles. The van der Waals surface area contributed by atoms with Crippen molar-refractivity contribution in [3.8, 4) is 16.9 Å². The maximum Gasteiger partial charge on any atom is 0.321 e. The van der Waals surface area contributed by atoms with Gasteiger partial charge in [0.05, 0.1) is 13.3 Å². The predicted octanol–water partition coefficient (Wildman–Crippen LogP) is 3.12. The molecule has 178 valence electrons. The number of furan rings is 1. The van der Waals surface area contributed by atoms with Gasteiger partial charge in [0.25, 0.3) is 5.91 Å². The molecule has 4 amide bonds. The number of hydrogen-bond donors (Lipinski definition) is 3. The molecule has 0 fully saturated rings. The van der Waals surface area contributed by atoms with Crippen LogP contribution in [0.3, 0.4) is 0 Å². The van der Waals surface area contributed by atoms with Crippen LogP contribution in [0.15, 0.2) is 53.2 Å². The number of nitrogens with zero attached hydrogens (tertiary/aromatic N) is 2. The number of imide groups is 1. The Kier molecular flexibility index (Phi) is 5.65. The maximum atomic E-state index is 14.7. The van der Waals surface area contributed by atoms with Crippen LogP contribution >= 0.6 is 0 Å². The smallest absolute Gasteiger partial charge is 0.321 e. The van der Waals surface area contributed by atoms with Gasteiger partial charge in [-0.2, -0.15) is 5.10 Å². The number of fused-ring (bicyclic) bond motifs is 2. The lowest BCUT2D eigenvalue weighted by molar-refractivity contribution is -0.108. The first kappa shape index (κ1) is 22.1. The van der Waals surface area contributed by atoms with E-state index in [1.165, 1.54) is 19.4 Å². The molecule has 0 bridgehead atoms. The fraction of sp³-hybridized carbons (Fsp3) is 0.167. The average Bonchev–Trinajstić information content (AvgIpc) is 3.58. The van der Waals surface area contributed by atoms with E-state index in [4.69, 9.17) is 9.15 Å². The summed E-state index contributed by atoms with van der Waals surface area (Å²) in [6.07, 6.45) is 3.33. The molecule has 0 spiro atoms. The number of H-pyrrole nitrogens is 1. The van der Waals surface area contributed by atoms with E-state index in [-0.39, 0.29) is 24.4 Å². The first-order valence-electron chi connectivity index (χ1n) is 10.7. The Morgan fingerprint density at radius 1 is 1.31 bits per heavy atom. The van der Waals surface area contributed by atoms with E-state index < -0.39 is 17.9 Å². The largest absolute Gasteiger partial charge is 0.497 e. The average molecular weight is 477 g/mol. The van der Waals surface area contributed by atoms with Crippen LogP contribution in [0.25, 0.3) is 22.1 Å². The molecule has 3 heterocycles. The van der Waals surface area contributed by atoms with E-state index in [1.54, 1.807) is 35.4 Å². The summed E-state index contributed by atoms with van der Waals surface area (Å²) in [5.74, 6) is 0.130. The minimum absolute atomic E-state index is 0.0546. The van der Waals surface area contributed by atoms with Gasteiger partial charge < -0.3 is 19.4 Å². The Hall–Kier alpha value is -4.67. The minimum Gasteiger partial charge on any atom is -0.497 e. The van der Waals surface area contributed by atoms with Crippen LogP contribution in [0.5, 0.6) is 5.75 Å². The molecule has 0 unspecified atom stereocenters. The van der Waals surface area contributed by atoms with Crippen LogP contribution in [-0.2, 0) is 11.3 Å². The topological polar surface area (TPSA) is 130 Å². The van der Waals surface area contributed by atoms with Gasteiger partial charge >= 0.3 is 6.03 Å². The highest BCUT2D eigenvalue weighted by molar-refractivity contribution is 5.99. The zero-order valence-corrected chi connectivity index (χ0v) is 18.5. The van der Waals surface area contributed by atoms with Gasteiger partial charge in [-0.1, -0.05) is 6.07 Å². The number of aromatic amines is 1.